The predicted molar refractivity (Wildman–Crippen MR) is 117 cm³/mol. The second-order valence-electron chi connectivity index (χ2n) is 7.33. The van der Waals surface area contributed by atoms with Gasteiger partial charge in [-0.05, 0) is 59.2 Å². The van der Waals surface area contributed by atoms with Gasteiger partial charge in [0.05, 0.1) is 28.4 Å². The maximum Gasteiger partial charge on any atom is 0.416 e. The molecule has 0 heterocycles. The molecule has 0 saturated carbocycles. The van der Waals surface area contributed by atoms with Gasteiger partial charge in [-0.25, -0.2) is 8.42 Å². The topological polar surface area (TPSA) is 89.9 Å². The lowest BCUT2D eigenvalue weighted by molar-refractivity contribution is -0.138. The number of alkyl halides is 3. The first-order valence-electron chi connectivity index (χ1n) is 10.0. The number of carboxylic acids is 1. The lowest BCUT2D eigenvalue weighted by atomic mass is 10.0. The standard InChI is InChI=1S/C24H21F3O6S/c1-32-9-10-33-20-11-16(13-23(28)29)12-22(15-20)34(30,31)21-4-2-3-18(14-21)17-5-7-19(8-6-17)24(25,26)27/h2-8,11-12,14-15H,9-10,13H2,1H3,(H,28,29). The Balaban J connectivity index is 1.99. The summed E-state index contributed by atoms with van der Waals surface area (Å²) < 4.78 is 75.6. The monoisotopic (exact) mass is 494 g/mol. The third kappa shape index (κ3) is 6.15. The van der Waals surface area contributed by atoms with Crippen molar-refractivity contribution in [2.45, 2.75) is 22.4 Å². The summed E-state index contributed by atoms with van der Waals surface area (Å²) in [5.41, 5.74) is 0.248. The van der Waals surface area contributed by atoms with E-state index in [9.17, 15) is 26.4 Å². The summed E-state index contributed by atoms with van der Waals surface area (Å²) in [5, 5.41) is 9.13. The van der Waals surface area contributed by atoms with Gasteiger partial charge in [0.1, 0.15) is 12.4 Å². The van der Waals surface area contributed by atoms with E-state index in [0.29, 0.717) is 11.1 Å². The molecule has 180 valence electrons. The second-order valence-corrected chi connectivity index (χ2v) is 9.28. The Labute approximate surface area is 194 Å². The van der Waals surface area contributed by atoms with Crippen molar-refractivity contribution >= 4 is 15.8 Å². The van der Waals surface area contributed by atoms with Crippen LogP contribution in [0.25, 0.3) is 11.1 Å². The Kier molecular flexibility index (Phi) is 7.63. The smallest absolute Gasteiger partial charge is 0.416 e. The van der Waals surface area contributed by atoms with Crippen LogP contribution in [0.3, 0.4) is 0 Å². The molecule has 0 aliphatic carbocycles. The molecule has 34 heavy (non-hydrogen) atoms. The van der Waals surface area contributed by atoms with E-state index in [0.717, 1.165) is 12.1 Å². The van der Waals surface area contributed by atoms with Gasteiger partial charge in [-0.3, -0.25) is 4.79 Å². The fraction of sp³-hybridized carbons (Fsp3) is 0.208. The summed E-state index contributed by atoms with van der Waals surface area (Å²) in [6, 6.07) is 14.2. The number of rotatable bonds is 9. The van der Waals surface area contributed by atoms with Crippen molar-refractivity contribution in [3.05, 3.63) is 77.9 Å². The minimum atomic E-state index is -4.48. The van der Waals surface area contributed by atoms with Crippen LogP contribution in [0.15, 0.2) is 76.5 Å². The number of aliphatic carboxylic acids is 1. The Morgan fingerprint density at radius 3 is 2.24 bits per heavy atom. The molecular formula is C24H21F3O6S. The molecule has 1 N–H and O–H groups in total. The molecule has 0 aliphatic heterocycles. The van der Waals surface area contributed by atoms with Crippen LogP contribution in [0, 0.1) is 0 Å². The van der Waals surface area contributed by atoms with Gasteiger partial charge in [-0.2, -0.15) is 13.2 Å². The third-order valence-electron chi connectivity index (χ3n) is 4.85. The quantitative estimate of drug-likeness (QED) is 0.428. The van der Waals surface area contributed by atoms with Crippen LogP contribution in [0.1, 0.15) is 11.1 Å². The maximum absolute atomic E-state index is 13.3. The summed E-state index contributed by atoms with van der Waals surface area (Å²) in [6.07, 6.45) is -4.89. The minimum Gasteiger partial charge on any atom is -0.491 e. The van der Waals surface area contributed by atoms with Gasteiger partial charge in [0.2, 0.25) is 9.84 Å². The molecule has 0 saturated heterocycles. The van der Waals surface area contributed by atoms with Crippen LogP contribution in [-0.4, -0.2) is 39.8 Å². The van der Waals surface area contributed by atoms with E-state index in [-0.39, 0.29) is 34.3 Å². The molecule has 0 amide bonds. The second kappa shape index (κ2) is 10.3. The summed E-state index contributed by atoms with van der Waals surface area (Å²) in [7, 11) is -2.62. The number of carbonyl (C=O) groups is 1. The minimum absolute atomic E-state index is 0.0970. The maximum atomic E-state index is 13.3. The van der Waals surface area contributed by atoms with Gasteiger partial charge < -0.3 is 14.6 Å². The molecule has 0 fully saturated rings. The van der Waals surface area contributed by atoms with Gasteiger partial charge in [-0.1, -0.05) is 24.3 Å². The number of halogens is 3. The molecule has 10 heteroatoms. The molecule has 0 unspecified atom stereocenters. The van der Waals surface area contributed by atoms with Crippen molar-refractivity contribution in [3.63, 3.8) is 0 Å². The van der Waals surface area contributed by atoms with Gasteiger partial charge in [-0.15, -0.1) is 0 Å². The van der Waals surface area contributed by atoms with Crippen molar-refractivity contribution in [1.29, 1.82) is 0 Å². The molecule has 0 atom stereocenters. The molecule has 0 bridgehead atoms. The zero-order valence-electron chi connectivity index (χ0n) is 18.0. The van der Waals surface area contributed by atoms with E-state index < -0.39 is 34.0 Å². The molecule has 3 aromatic carbocycles. The zero-order valence-corrected chi connectivity index (χ0v) is 18.8. The van der Waals surface area contributed by atoms with Crippen LogP contribution in [-0.2, 0) is 32.0 Å². The Morgan fingerprint density at radius 2 is 1.62 bits per heavy atom. The normalized spacial score (nSPS) is 11.9. The number of sulfone groups is 1. The summed E-state index contributed by atoms with van der Waals surface area (Å²) >= 11 is 0. The molecule has 0 aromatic heterocycles. The first-order chi connectivity index (χ1) is 16.0. The first kappa shape index (κ1) is 25.3. The fourth-order valence-corrected chi connectivity index (χ4v) is 4.61. The van der Waals surface area contributed by atoms with Crippen molar-refractivity contribution in [2.24, 2.45) is 0 Å². The molecular weight excluding hydrogens is 473 g/mol. The van der Waals surface area contributed by atoms with Gasteiger partial charge in [0.25, 0.3) is 0 Å². The van der Waals surface area contributed by atoms with E-state index in [1.807, 2.05) is 0 Å². The van der Waals surface area contributed by atoms with Crippen LogP contribution < -0.4 is 4.74 Å². The highest BCUT2D eigenvalue weighted by Crippen LogP contribution is 2.33. The first-order valence-corrected chi connectivity index (χ1v) is 11.5. The van der Waals surface area contributed by atoms with Crippen molar-refractivity contribution in [3.8, 4) is 16.9 Å². The highest BCUT2D eigenvalue weighted by molar-refractivity contribution is 7.91. The number of hydrogen-bond acceptors (Lipinski definition) is 5. The van der Waals surface area contributed by atoms with E-state index >= 15 is 0 Å². The highest BCUT2D eigenvalue weighted by Gasteiger charge is 2.30. The van der Waals surface area contributed by atoms with Gasteiger partial charge in [0.15, 0.2) is 0 Å². The van der Waals surface area contributed by atoms with Crippen molar-refractivity contribution < 1.29 is 41.0 Å². The molecule has 0 spiro atoms. The van der Waals surface area contributed by atoms with E-state index in [1.54, 1.807) is 6.07 Å². The van der Waals surface area contributed by atoms with Crippen LogP contribution in [0.4, 0.5) is 13.2 Å². The summed E-state index contributed by atoms with van der Waals surface area (Å²) in [4.78, 5) is 10.9. The number of hydrogen-bond donors (Lipinski definition) is 1. The van der Waals surface area contributed by atoms with E-state index in [1.165, 1.54) is 55.6 Å². The van der Waals surface area contributed by atoms with E-state index in [4.69, 9.17) is 14.6 Å². The van der Waals surface area contributed by atoms with Crippen LogP contribution >= 0.6 is 0 Å². The van der Waals surface area contributed by atoms with E-state index in [2.05, 4.69) is 0 Å². The number of ether oxygens (including phenoxy) is 2. The Morgan fingerprint density at radius 1 is 0.912 bits per heavy atom. The average Bonchev–Trinajstić information content (AvgIpc) is 2.78. The summed E-state index contributed by atoms with van der Waals surface area (Å²) in [5.74, 6) is -0.963. The molecule has 0 aliphatic rings. The van der Waals surface area contributed by atoms with Crippen LogP contribution in [0.2, 0.25) is 0 Å². The van der Waals surface area contributed by atoms with Crippen molar-refractivity contribution in [2.75, 3.05) is 20.3 Å². The highest BCUT2D eigenvalue weighted by atomic mass is 32.2. The number of methoxy groups -OCH3 is 1. The van der Waals surface area contributed by atoms with Gasteiger partial charge >= 0.3 is 12.1 Å². The van der Waals surface area contributed by atoms with Crippen LogP contribution in [0.5, 0.6) is 5.75 Å². The zero-order chi connectivity index (χ0) is 24.9. The summed E-state index contributed by atoms with van der Waals surface area (Å²) in [6.45, 7) is 0.385. The fourth-order valence-electron chi connectivity index (χ4n) is 3.22. The predicted octanol–water partition coefficient (Wildman–Crippen LogP) is 4.86. The van der Waals surface area contributed by atoms with Crippen molar-refractivity contribution in [1.82, 2.24) is 0 Å². The number of carboxylic acid groups (broad SMARTS) is 1. The third-order valence-corrected chi connectivity index (χ3v) is 6.58. The molecule has 0 radical (unpaired) electrons. The average molecular weight is 494 g/mol. The largest absolute Gasteiger partial charge is 0.491 e. The van der Waals surface area contributed by atoms with Gasteiger partial charge in [0, 0.05) is 7.11 Å². The Bertz CT molecular complexity index is 1270. The molecule has 3 aromatic rings. The number of benzene rings is 3. The molecule has 3 rings (SSSR count). The SMILES string of the molecule is COCCOc1cc(CC(=O)O)cc(S(=O)(=O)c2cccc(-c3ccc(C(F)(F)F)cc3)c2)c1. The lowest BCUT2D eigenvalue weighted by Crippen LogP contribution is -2.08. The Hall–Kier alpha value is -3.37. The molecule has 6 nitrogen and oxygen atoms in total. The lowest BCUT2D eigenvalue weighted by Gasteiger charge is -2.12.